The molecule has 2 heterocycles. The normalized spacial score (nSPS) is 10.4. The Balaban J connectivity index is 2.86. The average Bonchev–Trinajstić information content (AvgIpc) is 2.04. The average molecular weight is 180 g/mol. The Morgan fingerprint density at radius 1 is 1.33 bits per heavy atom. The van der Waals surface area contributed by atoms with Gasteiger partial charge in [0.25, 0.3) is 0 Å². The highest BCUT2D eigenvalue weighted by molar-refractivity contribution is 6.33. The topological polar surface area (TPSA) is 51.8 Å². The van der Waals surface area contributed by atoms with E-state index in [4.69, 9.17) is 17.3 Å². The fourth-order valence-corrected chi connectivity index (χ4v) is 1.26. The van der Waals surface area contributed by atoms with Crippen LogP contribution >= 0.6 is 11.6 Å². The molecule has 4 heteroatoms. The van der Waals surface area contributed by atoms with E-state index in [1.165, 1.54) is 0 Å². The van der Waals surface area contributed by atoms with Crippen molar-refractivity contribution in [1.82, 2.24) is 9.97 Å². The lowest BCUT2D eigenvalue weighted by molar-refractivity contribution is 1.31. The summed E-state index contributed by atoms with van der Waals surface area (Å²) in [5.41, 5.74) is 6.87. The lowest BCUT2D eigenvalue weighted by Gasteiger charge is -1.98. The molecule has 0 aliphatic carbocycles. The van der Waals surface area contributed by atoms with Gasteiger partial charge in [0.1, 0.15) is 5.52 Å². The van der Waals surface area contributed by atoms with Crippen LogP contribution in [0.3, 0.4) is 0 Å². The number of aromatic nitrogens is 2. The van der Waals surface area contributed by atoms with Crippen LogP contribution in [0.5, 0.6) is 0 Å². The van der Waals surface area contributed by atoms with Gasteiger partial charge in [-0.15, -0.1) is 0 Å². The highest BCUT2D eigenvalue weighted by Gasteiger charge is 1.99. The van der Waals surface area contributed by atoms with Crippen molar-refractivity contribution in [2.24, 2.45) is 0 Å². The first-order chi connectivity index (χ1) is 5.77. The second-order valence-corrected chi connectivity index (χ2v) is 2.80. The molecule has 0 fully saturated rings. The van der Waals surface area contributed by atoms with Gasteiger partial charge in [0, 0.05) is 11.6 Å². The van der Waals surface area contributed by atoms with Gasteiger partial charge < -0.3 is 5.73 Å². The molecule has 2 rings (SSSR count). The zero-order valence-corrected chi connectivity index (χ0v) is 6.92. The van der Waals surface area contributed by atoms with Gasteiger partial charge in [0.15, 0.2) is 5.15 Å². The fourth-order valence-electron chi connectivity index (χ4n) is 1.04. The Hall–Kier alpha value is -1.35. The van der Waals surface area contributed by atoms with Crippen molar-refractivity contribution < 1.29 is 0 Å². The van der Waals surface area contributed by atoms with E-state index in [1.54, 1.807) is 12.4 Å². The molecule has 12 heavy (non-hydrogen) atoms. The molecule has 2 N–H and O–H groups in total. The Bertz CT molecular complexity index is 428. The number of nitrogen functional groups attached to an aromatic ring is 1. The molecule has 0 unspecified atom stereocenters. The van der Waals surface area contributed by atoms with E-state index in [0.717, 1.165) is 5.39 Å². The van der Waals surface area contributed by atoms with Crippen molar-refractivity contribution in [1.29, 1.82) is 0 Å². The van der Waals surface area contributed by atoms with Crippen LogP contribution in [-0.2, 0) is 0 Å². The van der Waals surface area contributed by atoms with Gasteiger partial charge in [-0.25, -0.2) is 4.98 Å². The quantitative estimate of drug-likeness (QED) is 0.628. The highest BCUT2D eigenvalue weighted by Crippen LogP contribution is 2.19. The maximum atomic E-state index is 5.79. The van der Waals surface area contributed by atoms with Crippen LogP contribution in [0.4, 0.5) is 5.69 Å². The molecule has 0 bridgehead atoms. The summed E-state index contributed by atoms with van der Waals surface area (Å²) in [4.78, 5) is 7.96. The molecule has 2 aromatic heterocycles. The van der Waals surface area contributed by atoms with Gasteiger partial charge in [-0.3, -0.25) is 4.98 Å². The van der Waals surface area contributed by atoms with E-state index in [1.807, 2.05) is 12.1 Å². The number of fused-ring (bicyclic) bond motifs is 1. The molecular formula is C8H6ClN3. The minimum Gasteiger partial charge on any atom is -0.397 e. The predicted octanol–water partition coefficient (Wildman–Crippen LogP) is 1.87. The molecular weight excluding hydrogens is 174 g/mol. The number of nitrogens with zero attached hydrogens (tertiary/aromatic N) is 2. The smallest absolute Gasteiger partial charge is 0.155 e. The molecule has 0 atom stereocenters. The Kier molecular flexibility index (Phi) is 1.59. The molecule has 0 aromatic carbocycles. The van der Waals surface area contributed by atoms with E-state index in [-0.39, 0.29) is 0 Å². The zero-order chi connectivity index (χ0) is 8.55. The van der Waals surface area contributed by atoms with Crippen molar-refractivity contribution >= 4 is 28.2 Å². The van der Waals surface area contributed by atoms with E-state index < -0.39 is 0 Å². The van der Waals surface area contributed by atoms with Gasteiger partial charge in [-0.2, -0.15) is 0 Å². The van der Waals surface area contributed by atoms with Gasteiger partial charge in [0.05, 0.1) is 11.9 Å². The van der Waals surface area contributed by atoms with Crippen LogP contribution in [-0.4, -0.2) is 9.97 Å². The van der Waals surface area contributed by atoms with Crippen LogP contribution < -0.4 is 5.73 Å². The number of halogens is 1. The van der Waals surface area contributed by atoms with Gasteiger partial charge in [-0.1, -0.05) is 11.6 Å². The van der Waals surface area contributed by atoms with Gasteiger partial charge in [0.2, 0.25) is 0 Å². The minimum atomic E-state index is 0.410. The molecule has 2 aromatic rings. The van der Waals surface area contributed by atoms with Crippen molar-refractivity contribution in [3.8, 4) is 0 Å². The molecule has 0 spiro atoms. The monoisotopic (exact) mass is 179 g/mol. The first kappa shape index (κ1) is 7.31. The molecule has 0 radical (unpaired) electrons. The second-order valence-electron chi connectivity index (χ2n) is 2.44. The maximum absolute atomic E-state index is 5.79. The third-order valence-electron chi connectivity index (χ3n) is 1.58. The van der Waals surface area contributed by atoms with Crippen LogP contribution in [0.15, 0.2) is 24.5 Å². The van der Waals surface area contributed by atoms with Crippen molar-refractivity contribution in [2.45, 2.75) is 0 Å². The van der Waals surface area contributed by atoms with E-state index in [2.05, 4.69) is 9.97 Å². The van der Waals surface area contributed by atoms with E-state index in [0.29, 0.717) is 16.4 Å². The van der Waals surface area contributed by atoms with E-state index >= 15 is 0 Å². The number of anilines is 1. The lowest BCUT2D eigenvalue weighted by Crippen LogP contribution is -1.88. The molecule has 0 amide bonds. The van der Waals surface area contributed by atoms with Crippen LogP contribution in [0.25, 0.3) is 10.9 Å². The molecule has 0 aliphatic heterocycles. The van der Waals surface area contributed by atoms with Crippen LogP contribution in [0, 0.1) is 0 Å². The second kappa shape index (κ2) is 2.60. The third-order valence-corrected chi connectivity index (χ3v) is 1.85. The number of rotatable bonds is 0. The van der Waals surface area contributed by atoms with Crippen molar-refractivity contribution in [2.75, 3.05) is 5.73 Å². The molecule has 3 nitrogen and oxygen atoms in total. The number of nitrogens with two attached hydrogens (primary N) is 1. The van der Waals surface area contributed by atoms with Crippen LogP contribution in [0.2, 0.25) is 5.15 Å². The SMILES string of the molecule is Nc1cnc2c(Cl)nccc2c1. The Morgan fingerprint density at radius 2 is 2.17 bits per heavy atom. The van der Waals surface area contributed by atoms with E-state index in [9.17, 15) is 0 Å². The zero-order valence-electron chi connectivity index (χ0n) is 6.16. The third kappa shape index (κ3) is 1.08. The van der Waals surface area contributed by atoms with Gasteiger partial charge in [-0.05, 0) is 12.1 Å². The van der Waals surface area contributed by atoms with Crippen molar-refractivity contribution in [3.63, 3.8) is 0 Å². The highest BCUT2D eigenvalue weighted by atomic mass is 35.5. The summed E-state index contributed by atoms with van der Waals surface area (Å²) in [6.07, 6.45) is 3.20. The lowest BCUT2D eigenvalue weighted by atomic mass is 10.2. The molecule has 60 valence electrons. The summed E-state index contributed by atoms with van der Waals surface area (Å²) in [7, 11) is 0. The summed E-state index contributed by atoms with van der Waals surface area (Å²) in [5, 5.41) is 1.32. The molecule has 0 saturated carbocycles. The molecule has 0 saturated heterocycles. The summed E-state index contributed by atoms with van der Waals surface area (Å²) >= 11 is 5.79. The predicted molar refractivity (Wildman–Crippen MR) is 49.0 cm³/mol. The Labute approximate surface area is 74.2 Å². The first-order valence-electron chi connectivity index (χ1n) is 3.43. The summed E-state index contributed by atoms with van der Waals surface area (Å²) < 4.78 is 0. The first-order valence-corrected chi connectivity index (χ1v) is 3.81. The standard InChI is InChI=1S/C8H6ClN3/c9-8-7-5(1-2-11-8)3-6(10)4-12-7/h1-4H,10H2. The van der Waals surface area contributed by atoms with Crippen LogP contribution in [0.1, 0.15) is 0 Å². The Morgan fingerprint density at radius 3 is 3.00 bits per heavy atom. The summed E-state index contributed by atoms with van der Waals surface area (Å²) in [5.74, 6) is 0. The number of hydrogen-bond acceptors (Lipinski definition) is 3. The number of hydrogen-bond donors (Lipinski definition) is 1. The largest absolute Gasteiger partial charge is 0.397 e. The minimum absolute atomic E-state index is 0.410. The van der Waals surface area contributed by atoms with Crippen molar-refractivity contribution in [3.05, 3.63) is 29.7 Å². The number of pyridine rings is 2. The molecule has 0 aliphatic rings. The maximum Gasteiger partial charge on any atom is 0.155 e. The fraction of sp³-hybridized carbons (Fsp3) is 0. The van der Waals surface area contributed by atoms with Gasteiger partial charge >= 0.3 is 0 Å². The summed E-state index contributed by atoms with van der Waals surface area (Å²) in [6, 6.07) is 3.64. The summed E-state index contributed by atoms with van der Waals surface area (Å²) in [6.45, 7) is 0.